The molecule has 0 spiro atoms. The Kier molecular flexibility index (Phi) is 8.51. The predicted octanol–water partition coefficient (Wildman–Crippen LogP) is 5.10. The van der Waals surface area contributed by atoms with Crippen molar-refractivity contribution in [3.05, 3.63) is 112 Å². The van der Waals surface area contributed by atoms with Crippen molar-refractivity contribution >= 4 is 29.3 Å². The monoisotopic (exact) mass is 555 g/mol. The molecule has 1 aliphatic rings. The van der Waals surface area contributed by atoms with Crippen LogP contribution in [0.25, 0.3) is 11.1 Å². The minimum absolute atomic E-state index is 0.00855. The molecule has 1 aromatic heterocycles. The summed E-state index contributed by atoms with van der Waals surface area (Å²) in [6.45, 7) is 0.348. The van der Waals surface area contributed by atoms with Crippen LogP contribution in [0.3, 0.4) is 0 Å². The highest BCUT2D eigenvalue weighted by atomic mass is 32.1. The van der Waals surface area contributed by atoms with Gasteiger partial charge >= 0.3 is 12.1 Å². The minimum Gasteiger partial charge on any atom is -0.481 e. The number of carbonyl (C=O) groups excluding carboxylic acids is 2. The fourth-order valence-electron chi connectivity index (χ4n) is 5.05. The van der Waals surface area contributed by atoms with Gasteiger partial charge in [-0.2, -0.15) is 0 Å². The number of aliphatic carboxylic acids is 1. The van der Waals surface area contributed by atoms with Gasteiger partial charge in [0.15, 0.2) is 0 Å². The van der Waals surface area contributed by atoms with E-state index in [0.717, 1.165) is 32.7 Å². The Morgan fingerprint density at radius 3 is 2.23 bits per heavy atom. The normalized spacial score (nSPS) is 12.7. The zero-order valence-corrected chi connectivity index (χ0v) is 22.5. The number of carbonyl (C=O) groups is 3. The lowest BCUT2D eigenvalue weighted by Crippen LogP contribution is -2.50. The van der Waals surface area contributed by atoms with Crippen LogP contribution in [-0.2, 0) is 27.3 Å². The van der Waals surface area contributed by atoms with Crippen molar-refractivity contribution in [1.82, 2.24) is 15.2 Å². The van der Waals surface area contributed by atoms with Crippen LogP contribution in [0, 0.1) is 0 Å². The first-order chi connectivity index (χ1) is 19.5. The van der Waals surface area contributed by atoms with Crippen LogP contribution in [0.1, 0.15) is 33.9 Å². The summed E-state index contributed by atoms with van der Waals surface area (Å²) in [5, 5.41) is 12.0. The van der Waals surface area contributed by atoms with Crippen molar-refractivity contribution in [1.29, 1.82) is 0 Å². The molecule has 0 saturated heterocycles. The Morgan fingerprint density at radius 2 is 1.60 bits per heavy atom. The third-order valence-corrected chi connectivity index (χ3v) is 7.75. The molecule has 40 heavy (non-hydrogen) atoms. The van der Waals surface area contributed by atoms with Crippen LogP contribution in [0.4, 0.5) is 4.79 Å². The highest BCUT2D eigenvalue weighted by Gasteiger charge is 2.31. The van der Waals surface area contributed by atoms with Gasteiger partial charge in [0.1, 0.15) is 12.6 Å². The topological polar surface area (TPSA) is 109 Å². The van der Waals surface area contributed by atoms with Crippen molar-refractivity contribution in [2.75, 3.05) is 13.2 Å². The molecule has 1 atom stereocenters. The molecular formula is C31H29N3O5S. The number of hydrogen-bond donors (Lipinski definition) is 2. The lowest BCUT2D eigenvalue weighted by Gasteiger charge is -2.27. The second-order valence-electron chi connectivity index (χ2n) is 9.58. The average Bonchev–Trinajstić information content (AvgIpc) is 3.60. The van der Waals surface area contributed by atoms with E-state index in [1.807, 2.05) is 66.7 Å². The van der Waals surface area contributed by atoms with Crippen molar-refractivity contribution in [3.63, 3.8) is 0 Å². The summed E-state index contributed by atoms with van der Waals surface area (Å²) in [7, 11) is 0. The number of nitrogens with one attached hydrogen (secondary N) is 1. The lowest BCUT2D eigenvalue weighted by atomic mass is 9.98. The Hall–Kier alpha value is -4.50. The van der Waals surface area contributed by atoms with E-state index in [2.05, 4.69) is 22.4 Å². The number of hydrogen-bond acceptors (Lipinski definition) is 6. The maximum absolute atomic E-state index is 13.8. The molecule has 2 N–H and O–H groups in total. The number of benzene rings is 3. The summed E-state index contributed by atoms with van der Waals surface area (Å²) in [6.07, 6.45) is 0.953. The van der Waals surface area contributed by atoms with Gasteiger partial charge in [0.2, 0.25) is 5.91 Å². The fourth-order valence-corrected chi connectivity index (χ4v) is 5.69. The second-order valence-corrected chi connectivity index (χ2v) is 10.6. The van der Waals surface area contributed by atoms with Crippen molar-refractivity contribution in [2.45, 2.75) is 31.3 Å². The average molecular weight is 556 g/mol. The maximum atomic E-state index is 13.8. The third kappa shape index (κ3) is 6.38. The van der Waals surface area contributed by atoms with Gasteiger partial charge in [-0.25, -0.2) is 4.79 Å². The molecule has 9 heteroatoms. The number of aromatic nitrogens is 1. The Balaban J connectivity index is 1.31. The maximum Gasteiger partial charge on any atom is 0.407 e. The standard InChI is InChI=1S/C31H29N3O5S/c35-29(36)14-15-34(18-21-8-2-1-3-9-21)30(37)28(16-22-17-32-20-40-22)33-31(38)39-19-27-25-12-6-4-10-23(25)24-11-5-7-13-26(24)27/h1-13,17,20,27-28H,14-16,18-19H2,(H,33,38)(H,35,36). The van der Waals surface area contributed by atoms with Gasteiger partial charge in [-0.05, 0) is 27.8 Å². The molecule has 0 radical (unpaired) electrons. The number of amides is 2. The molecule has 1 unspecified atom stereocenters. The van der Waals surface area contributed by atoms with Crippen molar-refractivity contribution in [3.8, 4) is 11.1 Å². The van der Waals surface area contributed by atoms with Crippen molar-refractivity contribution < 1.29 is 24.2 Å². The molecular weight excluding hydrogens is 526 g/mol. The summed E-state index contributed by atoms with van der Waals surface area (Å²) < 4.78 is 5.71. The first kappa shape index (κ1) is 27.1. The van der Waals surface area contributed by atoms with Gasteiger partial charge in [0.05, 0.1) is 11.9 Å². The van der Waals surface area contributed by atoms with E-state index < -0.39 is 18.1 Å². The molecule has 5 rings (SSSR count). The van der Waals surface area contributed by atoms with Gasteiger partial charge in [-0.15, -0.1) is 11.3 Å². The van der Waals surface area contributed by atoms with E-state index in [4.69, 9.17) is 4.74 Å². The second kappa shape index (κ2) is 12.6. The molecule has 1 heterocycles. The van der Waals surface area contributed by atoms with Crippen LogP contribution in [0.5, 0.6) is 0 Å². The molecule has 0 bridgehead atoms. The fraction of sp³-hybridized carbons (Fsp3) is 0.226. The Bertz CT molecular complexity index is 1430. The number of ether oxygens (including phenoxy) is 1. The molecule has 2 amide bonds. The van der Waals surface area contributed by atoms with E-state index in [-0.39, 0.29) is 44.4 Å². The van der Waals surface area contributed by atoms with Crippen LogP contribution in [0.2, 0.25) is 0 Å². The van der Waals surface area contributed by atoms with Gasteiger partial charge < -0.3 is 20.1 Å². The van der Waals surface area contributed by atoms with Gasteiger partial charge in [0, 0.05) is 36.5 Å². The number of carboxylic acid groups (broad SMARTS) is 1. The molecule has 0 saturated carbocycles. The molecule has 8 nitrogen and oxygen atoms in total. The third-order valence-electron chi connectivity index (χ3n) is 6.95. The Morgan fingerprint density at radius 1 is 0.950 bits per heavy atom. The van der Waals surface area contributed by atoms with Gasteiger partial charge in [-0.3, -0.25) is 14.6 Å². The quantitative estimate of drug-likeness (QED) is 0.267. The first-order valence-electron chi connectivity index (χ1n) is 13.0. The van der Waals surface area contributed by atoms with E-state index in [0.29, 0.717) is 0 Å². The number of fused-ring (bicyclic) bond motifs is 3. The van der Waals surface area contributed by atoms with Crippen LogP contribution < -0.4 is 5.32 Å². The van der Waals surface area contributed by atoms with Crippen LogP contribution in [-0.4, -0.2) is 52.2 Å². The van der Waals surface area contributed by atoms with Crippen molar-refractivity contribution in [2.24, 2.45) is 0 Å². The number of nitrogens with zero attached hydrogens (tertiary/aromatic N) is 2. The van der Waals surface area contributed by atoms with Gasteiger partial charge in [0.25, 0.3) is 0 Å². The summed E-state index contributed by atoms with van der Waals surface area (Å²) in [5.74, 6) is -1.50. The smallest absolute Gasteiger partial charge is 0.407 e. The van der Waals surface area contributed by atoms with E-state index in [1.54, 1.807) is 11.7 Å². The molecule has 204 valence electrons. The zero-order valence-electron chi connectivity index (χ0n) is 21.7. The predicted molar refractivity (Wildman–Crippen MR) is 152 cm³/mol. The summed E-state index contributed by atoms with van der Waals surface area (Å²) in [4.78, 5) is 44.6. The molecule has 4 aromatic rings. The summed E-state index contributed by atoms with van der Waals surface area (Å²) >= 11 is 1.38. The molecule has 3 aromatic carbocycles. The Labute approximate surface area is 236 Å². The largest absolute Gasteiger partial charge is 0.481 e. The highest BCUT2D eigenvalue weighted by Crippen LogP contribution is 2.44. The van der Waals surface area contributed by atoms with E-state index >= 15 is 0 Å². The van der Waals surface area contributed by atoms with Gasteiger partial charge in [-0.1, -0.05) is 78.9 Å². The summed E-state index contributed by atoms with van der Waals surface area (Å²) in [5.41, 5.74) is 6.96. The highest BCUT2D eigenvalue weighted by molar-refractivity contribution is 7.09. The van der Waals surface area contributed by atoms with Crippen LogP contribution in [0.15, 0.2) is 90.6 Å². The molecule has 0 aliphatic heterocycles. The molecule has 1 aliphatic carbocycles. The SMILES string of the molecule is O=C(O)CCN(Cc1ccccc1)C(=O)C(Cc1cncs1)NC(=O)OCC1c2ccccc2-c2ccccc21. The van der Waals surface area contributed by atoms with Crippen LogP contribution >= 0.6 is 11.3 Å². The summed E-state index contributed by atoms with van der Waals surface area (Å²) in [6, 6.07) is 24.5. The number of carboxylic acids is 1. The molecule has 0 fully saturated rings. The van der Waals surface area contributed by atoms with E-state index in [9.17, 15) is 19.5 Å². The van der Waals surface area contributed by atoms with E-state index in [1.165, 1.54) is 16.2 Å². The first-order valence-corrected chi connectivity index (χ1v) is 13.9. The number of alkyl carbamates (subject to hydrolysis) is 1. The number of thiazole rings is 1. The number of rotatable bonds is 11. The zero-order chi connectivity index (χ0) is 27.9. The lowest BCUT2D eigenvalue weighted by molar-refractivity contribution is -0.139. The minimum atomic E-state index is -1.01.